The number of hydrogen-bond donors (Lipinski definition) is 1. The van der Waals surface area contributed by atoms with Gasteiger partial charge in [-0.25, -0.2) is 9.78 Å². The van der Waals surface area contributed by atoms with E-state index in [-0.39, 0.29) is 16.9 Å². The van der Waals surface area contributed by atoms with Crippen molar-refractivity contribution in [2.75, 3.05) is 6.54 Å². The van der Waals surface area contributed by atoms with E-state index >= 15 is 0 Å². The van der Waals surface area contributed by atoms with Crippen LogP contribution >= 0.6 is 0 Å². The minimum absolute atomic E-state index is 0.256. The molecule has 7 nitrogen and oxygen atoms in total. The molecular weight excluding hydrogens is 312 g/mol. The molecule has 1 N–H and O–H groups in total. The highest BCUT2D eigenvalue weighted by Gasteiger charge is 2.15. The van der Waals surface area contributed by atoms with Gasteiger partial charge in [0.25, 0.3) is 11.5 Å². The van der Waals surface area contributed by atoms with Gasteiger partial charge in [0.1, 0.15) is 5.65 Å². The molecule has 0 unspecified atom stereocenters. The number of rotatable bonds is 4. The maximum Gasteiger partial charge on any atom is 0.332 e. The molecule has 0 saturated heterocycles. The van der Waals surface area contributed by atoms with Crippen molar-refractivity contribution < 1.29 is 4.79 Å². The van der Waals surface area contributed by atoms with E-state index in [0.717, 1.165) is 10.6 Å². The first-order chi connectivity index (χ1) is 10.6. The molecule has 0 aliphatic rings. The topological polar surface area (TPSA) is 86.0 Å². The van der Waals surface area contributed by atoms with E-state index < -0.39 is 19.3 Å². The lowest BCUT2D eigenvalue weighted by atomic mass is 10.2. The summed E-state index contributed by atoms with van der Waals surface area (Å²) >= 11 is 0. The Hall–Kier alpha value is -2.22. The second-order valence-corrected chi connectivity index (χ2v) is 12.5. The summed E-state index contributed by atoms with van der Waals surface area (Å²) in [7, 11) is 1.73. The van der Waals surface area contributed by atoms with Gasteiger partial charge in [0.15, 0.2) is 0 Å². The van der Waals surface area contributed by atoms with Gasteiger partial charge in [0.2, 0.25) is 0 Å². The number of aryl methyl sites for hydroxylation is 1. The number of amides is 1. The first-order valence-corrected chi connectivity index (χ1v) is 11.2. The Morgan fingerprint density at radius 3 is 2.48 bits per heavy atom. The van der Waals surface area contributed by atoms with Gasteiger partial charge in [-0.1, -0.05) is 19.6 Å². The van der Waals surface area contributed by atoms with Crippen molar-refractivity contribution in [2.45, 2.75) is 25.7 Å². The Labute approximate surface area is 135 Å². The highest BCUT2D eigenvalue weighted by atomic mass is 28.3. The number of nitrogens with one attached hydrogen (secondary N) is 1. The molecule has 1 amide bonds. The second-order valence-electron chi connectivity index (χ2n) is 6.87. The molecule has 0 aromatic carbocycles. The van der Waals surface area contributed by atoms with Crippen LogP contribution in [0.2, 0.25) is 25.7 Å². The van der Waals surface area contributed by atoms with Crippen LogP contribution in [0.25, 0.3) is 11.0 Å². The Kier molecular flexibility index (Phi) is 4.55. The molecule has 0 saturated carbocycles. The predicted molar refractivity (Wildman–Crippen MR) is 92.7 cm³/mol. The largest absolute Gasteiger partial charge is 0.352 e. The van der Waals surface area contributed by atoms with Gasteiger partial charge in [0, 0.05) is 34.9 Å². The third-order valence-electron chi connectivity index (χ3n) is 3.72. The lowest BCUT2D eigenvalue weighted by Gasteiger charge is -2.15. The standard InChI is InChI=1S/C15H22N4O3Si/c1-18-12-11(14(21)19(2)15(18)22)8-10(9-17-12)13(20)16-6-7-23(3,4)5/h8-9H,6-7H2,1-5H3,(H,16,20). The molecule has 8 heteroatoms. The SMILES string of the molecule is Cn1c(=O)c2cc(C(=O)NCC[Si](C)(C)C)cnc2n(C)c1=O. The van der Waals surface area contributed by atoms with Crippen LogP contribution in [0.5, 0.6) is 0 Å². The van der Waals surface area contributed by atoms with E-state index in [9.17, 15) is 14.4 Å². The van der Waals surface area contributed by atoms with E-state index in [0.29, 0.717) is 12.1 Å². The van der Waals surface area contributed by atoms with Crippen LogP contribution in [0.4, 0.5) is 0 Å². The molecule has 0 atom stereocenters. The van der Waals surface area contributed by atoms with Gasteiger partial charge in [0.05, 0.1) is 10.9 Å². The highest BCUT2D eigenvalue weighted by molar-refractivity contribution is 6.76. The number of carbonyl (C=O) groups excluding carboxylic acids is 1. The number of nitrogens with zero attached hydrogens (tertiary/aromatic N) is 3. The van der Waals surface area contributed by atoms with E-state index in [1.807, 2.05) is 0 Å². The van der Waals surface area contributed by atoms with Crippen LogP contribution < -0.4 is 16.6 Å². The minimum atomic E-state index is -1.22. The van der Waals surface area contributed by atoms with E-state index in [2.05, 4.69) is 29.9 Å². The number of hydrogen-bond acceptors (Lipinski definition) is 4. The van der Waals surface area contributed by atoms with Crippen LogP contribution in [0.1, 0.15) is 10.4 Å². The van der Waals surface area contributed by atoms with Crippen molar-refractivity contribution in [1.82, 2.24) is 19.4 Å². The third kappa shape index (κ3) is 3.58. The molecule has 2 rings (SSSR count). The lowest BCUT2D eigenvalue weighted by molar-refractivity contribution is 0.0955. The average molecular weight is 334 g/mol. The number of pyridine rings is 1. The quantitative estimate of drug-likeness (QED) is 0.834. The highest BCUT2D eigenvalue weighted by Crippen LogP contribution is 2.09. The summed E-state index contributed by atoms with van der Waals surface area (Å²) < 4.78 is 2.31. The first kappa shape index (κ1) is 17.1. The van der Waals surface area contributed by atoms with Crippen molar-refractivity contribution in [3.8, 4) is 0 Å². The zero-order valence-electron chi connectivity index (χ0n) is 14.1. The summed E-state index contributed by atoms with van der Waals surface area (Å²) in [5, 5.41) is 3.12. The average Bonchev–Trinajstić information content (AvgIpc) is 2.48. The normalized spacial score (nSPS) is 11.7. The number of aromatic nitrogens is 3. The molecule has 0 spiro atoms. The fourth-order valence-corrected chi connectivity index (χ4v) is 3.12. The van der Waals surface area contributed by atoms with Crippen LogP contribution in [0.3, 0.4) is 0 Å². The Morgan fingerprint density at radius 2 is 1.87 bits per heavy atom. The lowest BCUT2D eigenvalue weighted by Crippen LogP contribution is -2.37. The van der Waals surface area contributed by atoms with Crippen LogP contribution in [0.15, 0.2) is 21.9 Å². The van der Waals surface area contributed by atoms with Gasteiger partial charge < -0.3 is 5.32 Å². The van der Waals surface area contributed by atoms with Crippen molar-refractivity contribution in [3.05, 3.63) is 38.7 Å². The van der Waals surface area contributed by atoms with Crippen molar-refractivity contribution in [1.29, 1.82) is 0 Å². The zero-order chi connectivity index (χ0) is 17.4. The van der Waals surface area contributed by atoms with Crippen LogP contribution in [0, 0.1) is 0 Å². The second kappa shape index (κ2) is 6.11. The number of carbonyl (C=O) groups is 1. The van der Waals surface area contributed by atoms with Gasteiger partial charge in [-0.3, -0.25) is 18.7 Å². The summed E-state index contributed by atoms with van der Waals surface area (Å²) in [5.41, 5.74) is -0.296. The molecule has 0 aliphatic heterocycles. The van der Waals surface area contributed by atoms with Gasteiger partial charge in [-0.05, 0) is 12.1 Å². The fourth-order valence-electron chi connectivity index (χ4n) is 2.24. The Morgan fingerprint density at radius 1 is 1.22 bits per heavy atom. The molecular formula is C15H22N4O3Si. The summed E-state index contributed by atoms with van der Waals surface area (Å²) in [6, 6.07) is 2.48. The van der Waals surface area contributed by atoms with E-state index in [1.54, 1.807) is 7.05 Å². The summed E-state index contributed by atoms with van der Waals surface area (Å²) in [6.45, 7) is 7.32. The zero-order valence-corrected chi connectivity index (χ0v) is 15.1. The monoisotopic (exact) mass is 334 g/mol. The maximum absolute atomic E-state index is 12.2. The third-order valence-corrected chi connectivity index (χ3v) is 5.47. The summed E-state index contributed by atoms with van der Waals surface area (Å²) in [6.07, 6.45) is 1.39. The molecule has 0 bridgehead atoms. The van der Waals surface area contributed by atoms with Crippen molar-refractivity contribution >= 4 is 25.0 Å². The molecule has 23 heavy (non-hydrogen) atoms. The molecule has 2 aromatic heterocycles. The summed E-state index contributed by atoms with van der Waals surface area (Å²) in [5.74, 6) is -0.256. The van der Waals surface area contributed by atoms with Crippen LogP contribution in [-0.2, 0) is 14.1 Å². The molecule has 2 aromatic rings. The van der Waals surface area contributed by atoms with Crippen molar-refractivity contribution in [2.24, 2.45) is 14.1 Å². The predicted octanol–water partition coefficient (Wildman–Crippen LogP) is 0.700. The first-order valence-electron chi connectivity index (χ1n) is 7.46. The molecule has 0 fully saturated rings. The van der Waals surface area contributed by atoms with Crippen molar-refractivity contribution in [3.63, 3.8) is 0 Å². The molecule has 0 radical (unpaired) electrons. The molecule has 2 heterocycles. The fraction of sp³-hybridized carbons (Fsp3) is 0.467. The number of fused-ring (bicyclic) bond motifs is 1. The summed E-state index contributed by atoms with van der Waals surface area (Å²) in [4.78, 5) is 40.4. The minimum Gasteiger partial charge on any atom is -0.352 e. The van der Waals surface area contributed by atoms with Gasteiger partial charge in [-0.15, -0.1) is 0 Å². The molecule has 124 valence electrons. The van der Waals surface area contributed by atoms with Gasteiger partial charge >= 0.3 is 5.69 Å². The van der Waals surface area contributed by atoms with Crippen LogP contribution in [-0.4, -0.2) is 34.6 Å². The molecule has 0 aliphatic carbocycles. The Bertz CT molecular complexity index is 877. The smallest absolute Gasteiger partial charge is 0.332 e. The maximum atomic E-state index is 12.2. The van der Waals surface area contributed by atoms with E-state index in [4.69, 9.17) is 0 Å². The van der Waals surface area contributed by atoms with Gasteiger partial charge in [-0.2, -0.15) is 0 Å². The Balaban J connectivity index is 2.36. The van der Waals surface area contributed by atoms with E-state index in [1.165, 1.54) is 23.9 Å².